The maximum Gasteiger partial charge on any atom is 0.190 e. The first kappa shape index (κ1) is 19.9. The van der Waals surface area contributed by atoms with Gasteiger partial charge in [0.2, 0.25) is 0 Å². The number of nitrogens with one attached hydrogen (secondary N) is 1. The molecule has 0 spiro atoms. The van der Waals surface area contributed by atoms with Crippen molar-refractivity contribution in [2.75, 3.05) is 37.8 Å². The number of aromatic nitrogens is 2. The Balaban J connectivity index is 1.94. The van der Waals surface area contributed by atoms with Gasteiger partial charge in [0.25, 0.3) is 0 Å². The summed E-state index contributed by atoms with van der Waals surface area (Å²) in [5.41, 5.74) is 1.30. The molecule has 0 bridgehead atoms. The first-order chi connectivity index (χ1) is 12.5. The van der Waals surface area contributed by atoms with Gasteiger partial charge in [0.1, 0.15) is 10.6 Å². The molecule has 144 valence electrons. The minimum absolute atomic E-state index is 0.0856. The Morgan fingerprint density at radius 3 is 2.69 bits per heavy atom. The van der Waals surface area contributed by atoms with Gasteiger partial charge >= 0.3 is 0 Å². The number of hydrogen-bond acceptors (Lipinski definition) is 7. The molecule has 26 heavy (non-hydrogen) atoms. The Labute approximate surface area is 164 Å². The Bertz CT molecular complexity index is 760. The Hall–Kier alpha value is -0.890. The van der Waals surface area contributed by atoms with Crippen LogP contribution in [-0.2, 0) is 17.8 Å². The smallest absolute Gasteiger partial charge is 0.190 e. The minimum Gasteiger partial charge on any atom is -0.369 e. The number of anilines is 1. The van der Waals surface area contributed by atoms with Gasteiger partial charge in [0.05, 0.1) is 17.6 Å². The number of likely N-dealkylation sites (N-methyl/N-ethyl adjacent to an activating group) is 1. The van der Waals surface area contributed by atoms with Gasteiger partial charge in [-0.25, -0.2) is 9.97 Å². The summed E-state index contributed by atoms with van der Waals surface area (Å²) in [5, 5.41) is 5.65. The van der Waals surface area contributed by atoms with E-state index in [0.29, 0.717) is 6.61 Å². The van der Waals surface area contributed by atoms with Crippen molar-refractivity contribution in [3.05, 3.63) is 10.4 Å². The molecule has 1 N–H and O–H groups in total. The molecule has 3 rings (SSSR count). The van der Waals surface area contributed by atoms with Crippen molar-refractivity contribution in [3.8, 4) is 0 Å². The van der Waals surface area contributed by atoms with Gasteiger partial charge in [-0.05, 0) is 38.3 Å². The fourth-order valence-corrected chi connectivity index (χ4v) is 4.90. The summed E-state index contributed by atoms with van der Waals surface area (Å²) < 4.78 is 6.14. The lowest BCUT2D eigenvalue weighted by atomic mass is 9.90. The van der Waals surface area contributed by atoms with Crippen LogP contribution in [-0.4, -0.2) is 52.9 Å². The van der Waals surface area contributed by atoms with Crippen LogP contribution in [0.15, 0.2) is 5.16 Å². The molecule has 0 unspecified atom stereocenters. The van der Waals surface area contributed by atoms with Crippen molar-refractivity contribution in [2.45, 2.75) is 57.9 Å². The second-order valence-corrected chi connectivity index (χ2v) is 8.82. The van der Waals surface area contributed by atoms with Crippen LogP contribution in [0.25, 0.3) is 10.2 Å². The molecule has 0 fully saturated rings. The average molecular weight is 395 g/mol. The molecule has 7 heteroatoms. The molecule has 5 nitrogen and oxygen atoms in total. The van der Waals surface area contributed by atoms with Crippen molar-refractivity contribution in [3.63, 3.8) is 0 Å². The van der Waals surface area contributed by atoms with Gasteiger partial charge in [-0.15, -0.1) is 11.3 Å². The molecule has 0 saturated heterocycles. The van der Waals surface area contributed by atoms with Crippen molar-refractivity contribution in [1.82, 2.24) is 14.9 Å². The highest BCUT2D eigenvalue weighted by Gasteiger charge is 2.33. The van der Waals surface area contributed by atoms with Crippen LogP contribution in [0.3, 0.4) is 0 Å². The number of fused-ring (bicyclic) bond motifs is 3. The molecular formula is C19H30N4OS2. The second-order valence-electron chi connectivity index (χ2n) is 6.97. The molecule has 1 aliphatic rings. The number of rotatable bonds is 8. The third-order valence-corrected chi connectivity index (χ3v) is 7.01. The first-order valence-corrected chi connectivity index (χ1v) is 11.5. The van der Waals surface area contributed by atoms with E-state index in [1.807, 2.05) is 6.26 Å². The van der Waals surface area contributed by atoms with Crippen LogP contribution in [0, 0.1) is 0 Å². The van der Waals surface area contributed by atoms with E-state index in [9.17, 15) is 0 Å². The van der Waals surface area contributed by atoms with Crippen LogP contribution < -0.4 is 5.32 Å². The van der Waals surface area contributed by atoms with E-state index in [2.05, 4.69) is 37.9 Å². The minimum atomic E-state index is -0.0856. The average Bonchev–Trinajstić information content (AvgIpc) is 3.02. The van der Waals surface area contributed by atoms with Gasteiger partial charge in [-0.1, -0.05) is 32.5 Å². The summed E-state index contributed by atoms with van der Waals surface area (Å²) >= 11 is 3.36. The molecule has 0 radical (unpaired) electrons. The number of nitrogens with zero attached hydrogens (tertiary/aromatic N) is 3. The van der Waals surface area contributed by atoms with Gasteiger partial charge in [0.15, 0.2) is 5.16 Å². The zero-order valence-corrected chi connectivity index (χ0v) is 18.1. The van der Waals surface area contributed by atoms with E-state index in [4.69, 9.17) is 14.7 Å². The van der Waals surface area contributed by atoms with E-state index < -0.39 is 0 Å². The monoisotopic (exact) mass is 394 g/mol. The predicted molar refractivity (Wildman–Crippen MR) is 113 cm³/mol. The van der Waals surface area contributed by atoms with E-state index in [0.717, 1.165) is 54.8 Å². The molecule has 0 saturated carbocycles. The summed E-state index contributed by atoms with van der Waals surface area (Å²) in [6.07, 6.45) is 3.98. The van der Waals surface area contributed by atoms with E-state index in [-0.39, 0.29) is 5.60 Å². The third kappa shape index (κ3) is 4.01. The number of hydrogen-bond donors (Lipinski definition) is 1. The molecule has 2 aromatic heterocycles. The molecule has 0 aromatic carbocycles. The fraction of sp³-hybridized carbons (Fsp3) is 0.684. The Morgan fingerprint density at radius 1 is 1.27 bits per heavy atom. The second kappa shape index (κ2) is 8.42. The summed E-state index contributed by atoms with van der Waals surface area (Å²) in [7, 11) is 0. The van der Waals surface area contributed by atoms with Gasteiger partial charge in [-0.3, -0.25) is 0 Å². The SMILES string of the molecule is CCN(CC)CCNc1nc(SC)nc2sc3c(c12)C[C@@](C)(CC)OC3. The molecular weight excluding hydrogens is 364 g/mol. The molecule has 0 amide bonds. The van der Waals surface area contributed by atoms with Crippen LogP contribution in [0.2, 0.25) is 0 Å². The highest BCUT2D eigenvalue weighted by atomic mass is 32.2. The topological polar surface area (TPSA) is 50.3 Å². The zero-order valence-electron chi connectivity index (χ0n) is 16.5. The summed E-state index contributed by atoms with van der Waals surface area (Å²) in [6, 6.07) is 0. The van der Waals surface area contributed by atoms with E-state index in [1.165, 1.54) is 15.8 Å². The van der Waals surface area contributed by atoms with Crippen molar-refractivity contribution >= 4 is 39.1 Å². The number of thioether (sulfide) groups is 1. The fourth-order valence-electron chi connectivity index (χ4n) is 3.37. The summed E-state index contributed by atoms with van der Waals surface area (Å²) in [6.45, 7) is 13.6. The van der Waals surface area contributed by atoms with Gasteiger partial charge in [0, 0.05) is 24.4 Å². The molecule has 3 heterocycles. The summed E-state index contributed by atoms with van der Waals surface area (Å²) in [5.74, 6) is 0.990. The number of ether oxygens (including phenoxy) is 1. The molecule has 1 atom stereocenters. The van der Waals surface area contributed by atoms with Crippen LogP contribution in [0.5, 0.6) is 0 Å². The highest BCUT2D eigenvalue weighted by molar-refractivity contribution is 7.98. The van der Waals surface area contributed by atoms with Crippen molar-refractivity contribution in [2.24, 2.45) is 0 Å². The van der Waals surface area contributed by atoms with E-state index >= 15 is 0 Å². The van der Waals surface area contributed by atoms with Crippen molar-refractivity contribution in [1.29, 1.82) is 0 Å². The van der Waals surface area contributed by atoms with Gasteiger partial charge in [-0.2, -0.15) is 0 Å². The van der Waals surface area contributed by atoms with E-state index in [1.54, 1.807) is 23.1 Å². The Kier molecular flexibility index (Phi) is 6.43. The lowest BCUT2D eigenvalue weighted by molar-refractivity contribution is -0.0542. The normalized spacial score (nSPS) is 19.9. The predicted octanol–water partition coefficient (Wildman–Crippen LogP) is 4.41. The van der Waals surface area contributed by atoms with Crippen molar-refractivity contribution < 1.29 is 4.74 Å². The maximum atomic E-state index is 6.14. The van der Waals surface area contributed by atoms with Crippen LogP contribution >= 0.6 is 23.1 Å². The van der Waals surface area contributed by atoms with Gasteiger partial charge < -0.3 is 15.0 Å². The first-order valence-electron chi connectivity index (χ1n) is 9.50. The zero-order chi connectivity index (χ0) is 18.7. The van der Waals surface area contributed by atoms with Crippen LogP contribution in [0.1, 0.15) is 44.6 Å². The third-order valence-electron chi connectivity index (χ3n) is 5.36. The molecule has 0 aliphatic carbocycles. The molecule has 1 aliphatic heterocycles. The molecule has 2 aromatic rings. The van der Waals surface area contributed by atoms with Crippen LogP contribution in [0.4, 0.5) is 5.82 Å². The lowest BCUT2D eigenvalue weighted by Gasteiger charge is -2.33. The standard InChI is InChI=1S/C19H30N4OS2/c1-6-19(4)11-13-14(12-24-19)26-17-15(13)16(21-18(22-17)25-5)20-9-10-23(7-2)8-3/h6-12H2,1-5H3,(H,20,21,22)/t19-/m1/s1. The summed E-state index contributed by atoms with van der Waals surface area (Å²) in [4.78, 5) is 14.4. The maximum absolute atomic E-state index is 6.14. The largest absolute Gasteiger partial charge is 0.369 e. The quantitative estimate of drug-likeness (QED) is 0.529. The number of thiophene rings is 1. The Morgan fingerprint density at radius 2 is 2.04 bits per heavy atom. The lowest BCUT2D eigenvalue weighted by Crippen LogP contribution is -2.34. The highest BCUT2D eigenvalue weighted by Crippen LogP contribution is 2.42.